The van der Waals surface area contributed by atoms with Crippen molar-refractivity contribution in [3.63, 3.8) is 0 Å². The van der Waals surface area contributed by atoms with Crippen LogP contribution in [0.25, 0.3) is 0 Å². The van der Waals surface area contributed by atoms with Gasteiger partial charge in [0.15, 0.2) is 0 Å². The Morgan fingerprint density at radius 2 is 1.67 bits per heavy atom. The monoisotopic (exact) mass is 373 g/mol. The SMILES string of the molecule is CC(C)Cc1ccc(CN2CCN(C3CCN(C)CC3)C(CCO)C2)cc1. The molecule has 1 aromatic carbocycles. The van der Waals surface area contributed by atoms with Gasteiger partial charge in [-0.25, -0.2) is 0 Å². The molecule has 2 aliphatic heterocycles. The van der Waals surface area contributed by atoms with Gasteiger partial charge in [-0.05, 0) is 62.9 Å². The van der Waals surface area contributed by atoms with Crippen LogP contribution in [0, 0.1) is 5.92 Å². The minimum Gasteiger partial charge on any atom is -0.396 e. The molecule has 1 aromatic rings. The number of hydrogen-bond donors (Lipinski definition) is 1. The van der Waals surface area contributed by atoms with E-state index in [4.69, 9.17) is 0 Å². The zero-order valence-corrected chi connectivity index (χ0v) is 17.6. The summed E-state index contributed by atoms with van der Waals surface area (Å²) in [6.45, 7) is 11.7. The molecule has 4 nitrogen and oxygen atoms in total. The summed E-state index contributed by atoms with van der Waals surface area (Å²) in [4.78, 5) is 7.74. The molecule has 0 aromatic heterocycles. The summed E-state index contributed by atoms with van der Waals surface area (Å²) in [6, 6.07) is 10.4. The second-order valence-electron chi connectivity index (χ2n) is 9.09. The maximum atomic E-state index is 9.60. The Morgan fingerprint density at radius 3 is 2.30 bits per heavy atom. The number of rotatable bonds is 7. The van der Waals surface area contributed by atoms with Crippen LogP contribution in [0.4, 0.5) is 0 Å². The Hall–Kier alpha value is -0.940. The van der Waals surface area contributed by atoms with E-state index in [-0.39, 0.29) is 0 Å². The number of aliphatic hydroxyl groups excluding tert-OH is 1. The van der Waals surface area contributed by atoms with Crippen molar-refractivity contribution in [1.29, 1.82) is 0 Å². The lowest BCUT2D eigenvalue weighted by Crippen LogP contribution is -2.58. The van der Waals surface area contributed by atoms with Crippen LogP contribution in [0.2, 0.25) is 0 Å². The molecule has 0 bridgehead atoms. The Morgan fingerprint density at radius 1 is 1.00 bits per heavy atom. The van der Waals surface area contributed by atoms with E-state index in [2.05, 4.69) is 59.9 Å². The zero-order chi connectivity index (χ0) is 19.2. The molecule has 1 atom stereocenters. The number of piperidine rings is 1. The molecule has 152 valence electrons. The summed E-state index contributed by atoms with van der Waals surface area (Å²) in [5.74, 6) is 0.711. The van der Waals surface area contributed by atoms with Gasteiger partial charge in [0.2, 0.25) is 0 Å². The van der Waals surface area contributed by atoms with Crippen LogP contribution in [0.15, 0.2) is 24.3 Å². The number of likely N-dealkylation sites (tertiary alicyclic amines) is 1. The molecule has 0 amide bonds. The van der Waals surface area contributed by atoms with Crippen molar-refractivity contribution >= 4 is 0 Å². The summed E-state index contributed by atoms with van der Waals surface area (Å²) in [5, 5.41) is 9.60. The smallest absolute Gasteiger partial charge is 0.0446 e. The van der Waals surface area contributed by atoms with Crippen LogP contribution in [0.5, 0.6) is 0 Å². The predicted octanol–water partition coefficient (Wildman–Crippen LogP) is 2.85. The third-order valence-electron chi connectivity index (χ3n) is 6.30. The standard InChI is InChI=1S/C23H39N3O/c1-19(2)16-20-4-6-21(7-5-20)17-25-13-14-26(23(18-25)10-15-27)22-8-11-24(3)12-9-22/h4-7,19,22-23,27H,8-18H2,1-3H3. The van der Waals surface area contributed by atoms with Gasteiger partial charge in [0.25, 0.3) is 0 Å². The average Bonchev–Trinajstić information content (AvgIpc) is 2.64. The van der Waals surface area contributed by atoms with Crippen molar-refractivity contribution in [1.82, 2.24) is 14.7 Å². The lowest BCUT2D eigenvalue weighted by Gasteiger charge is -2.47. The highest BCUT2D eigenvalue weighted by atomic mass is 16.3. The van der Waals surface area contributed by atoms with Gasteiger partial charge in [0.1, 0.15) is 0 Å². The Balaban J connectivity index is 1.56. The van der Waals surface area contributed by atoms with Crippen LogP contribution in [-0.2, 0) is 13.0 Å². The van der Waals surface area contributed by atoms with Gasteiger partial charge in [-0.15, -0.1) is 0 Å². The number of aliphatic hydroxyl groups is 1. The second-order valence-corrected chi connectivity index (χ2v) is 9.09. The van der Waals surface area contributed by atoms with E-state index in [0.717, 1.165) is 39.0 Å². The molecule has 1 N–H and O–H groups in total. The first-order valence-corrected chi connectivity index (χ1v) is 10.9. The van der Waals surface area contributed by atoms with E-state index in [9.17, 15) is 5.11 Å². The van der Waals surface area contributed by atoms with Crippen LogP contribution in [0.3, 0.4) is 0 Å². The molecular formula is C23H39N3O. The van der Waals surface area contributed by atoms with Gasteiger partial charge in [0.05, 0.1) is 0 Å². The number of piperazine rings is 1. The van der Waals surface area contributed by atoms with Crippen molar-refractivity contribution in [3.8, 4) is 0 Å². The molecule has 2 heterocycles. The van der Waals surface area contributed by atoms with Gasteiger partial charge in [-0.1, -0.05) is 38.1 Å². The fourth-order valence-corrected chi connectivity index (χ4v) is 4.80. The van der Waals surface area contributed by atoms with Gasteiger partial charge >= 0.3 is 0 Å². The van der Waals surface area contributed by atoms with Gasteiger partial charge < -0.3 is 10.0 Å². The van der Waals surface area contributed by atoms with E-state index in [0.29, 0.717) is 24.6 Å². The third kappa shape index (κ3) is 6.02. The normalized spacial score (nSPS) is 24.0. The molecule has 2 fully saturated rings. The largest absolute Gasteiger partial charge is 0.396 e. The molecule has 0 saturated carbocycles. The molecule has 3 rings (SSSR count). The molecule has 0 radical (unpaired) electrons. The minimum absolute atomic E-state index is 0.297. The summed E-state index contributed by atoms with van der Waals surface area (Å²) >= 11 is 0. The zero-order valence-electron chi connectivity index (χ0n) is 17.6. The van der Waals surface area contributed by atoms with Crippen LogP contribution in [0.1, 0.15) is 44.2 Å². The Kier molecular flexibility index (Phi) is 7.71. The Labute approximate surface area is 166 Å². The topological polar surface area (TPSA) is 30.0 Å². The number of nitrogens with zero attached hydrogens (tertiary/aromatic N) is 3. The lowest BCUT2D eigenvalue weighted by molar-refractivity contribution is 0.00600. The van der Waals surface area contributed by atoms with E-state index in [1.807, 2.05) is 0 Å². The first-order chi connectivity index (χ1) is 13.0. The van der Waals surface area contributed by atoms with E-state index >= 15 is 0 Å². The van der Waals surface area contributed by atoms with Crippen molar-refractivity contribution in [3.05, 3.63) is 35.4 Å². The summed E-state index contributed by atoms with van der Waals surface area (Å²) in [6.07, 6.45) is 4.61. The predicted molar refractivity (Wildman–Crippen MR) is 113 cm³/mol. The third-order valence-corrected chi connectivity index (χ3v) is 6.30. The fraction of sp³-hybridized carbons (Fsp3) is 0.739. The van der Waals surface area contributed by atoms with E-state index < -0.39 is 0 Å². The van der Waals surface area contributed by atoms with Crippen molar-refractivity contribution in [2.24, 2.45) is 5.92 Å². The number of hydrogen-bond acceptors (Lipinski definition) is 4. The maximum absolute atomic E-state index is 9.60. The quantitative estimate of drug-likeness (QED) is 0.796. The maximum Gasteiger partial charge on any atom is 0.0446 e. The highest BCUT2D eigenvalue weighted by Crippen LogP contribution is 2.24. The van der Waals surface area contributed by atoms with Gasteiger partial charge in [0, 0.05) is 44.9 Å². The molecule has 2 saturated heterocycles. The first kappa shape index (κ1) is 20.8. The minimum atomic E-state index is 0.297. The van der Waals surface area contributed by atoms with Crippen molar-refractivity contribution in [2.75, 3.05) is 46.4 Å². The van der Waals surface area contributed by atoms with Crippen molar-refractivity contribution in [2.45, 2.75) is 58.2 Å². The molecule has 0 aliphatic carbocycles. The highest BCUT2D eigenvalue weighted by Gasteiger charge is 2.32. The molecule has 27 heavy (non-hydrogen) atoms. The van der Waals surface area contributed by atoms with Crippen molar-refractivity contribution < 1.29 is 5.11 Å². The second kappa shape index (κ2) is 10.0. The molecule has 4 heteroatoms. The summed E-state index contributed by atoms with van der Waals surface area (Å²) in [5.41, 5.74) is 2.86. The molecule has 1 unspecified atom stereocenters. The van der Waals surface area contributed by atoms with Crippen LogP contribution < -0.4 is 0 Å². The lowest BCUT2D eigenvalue weighted by atomic mass is 9.98. The van der Waals surface area contributed by atoms with Gasteiger partial charge in [-0.2, -0.15) is 0 Å². The highest BCUT2D eigenvalue weighted by molar-refractivity contribution is 5.23. The Bertz CT molecular complexity index is 551. The van der Waals surface area contributed by atoms with Crippen LogP contribution in [-0.4, -0.2) is 78.3 Å². The summed E-state index contributed by atoms with van der Waals surface area (Å²) < 4.78 is 0. The van der Waals surface area contributed by atoms with E-state index in [1.165, 1.54) is 37.1 Å². The molecule has 2 aliphatic rings. The van der Waals surface area contributed by atoms with Gasteiger partial charge in [-0.3, -0.25) is 9.80 Å². The van der Waals surface area contributed by atoms with Crippen LogP contribution >= 0.6 is 0 Å². The summed E-state index contributed by atoms with van der Waals surface area (Å²) in [7, 11) is 2.23. The van der Waals surface area contributed by atoms with E-state index in [1.54, 1.807) is 0 Å². The molecule has 0 spiro atoms. The first-order valence-electron chi connectivity index (χ1n) is 10.9. The average molecular weight is 374 g/mol. The fourth-order valence-electron chi connectivity index (χ4n) is 4.80. The molecular weight excluding hydrogens is 334 g/mol. The number of benzene rings is 1.